The minimum Gasteiger partial charge on any atom is -0.390 e. The van der Waals surface area contributed by atoms with Crippen molar-refractivity contribution in [1.29, 1.82) is 0 Å². The van der Waals surface area contributed by atoms with Gasteiger partial charge in [-0.05, 0) is 50.9 Å². The SMILES string of the molecule is O=C(C1CCN([C@H]2CN(S(=O)(=O)c3ccccc3)C[C@@H]2O)CC1)N1CCCC1. The molecule has 4 rings (SSSR count). The molecule has 28 heavy (non-hydrogen) atoms. The summed E-state index contributed by atoms with van der Waals surface area (Å²) >= 11 is 0. The number of hydrogen-bond acceptors (Lipinski definition) is 5. The molecule has 3 aliphatic rings. The summed E-state index contributed by atoms with van der Waals surface area (Å²) in [4.78, 5) is 17.0. The lowest BCUT2D eigenvalue weighted by Crippen LogP contribution is -2.49. The van der Waals surface area contributed by atoms with Crippen LogP contribution >= 0.6 is 0 Å². The average Bonchev–Trinajstić information content (AvgIpc) is 3.38. The van der Waals surface area contributed by atoms with Gasteiger partial charge < -0.3 is 10.0 Å². The first-order valence-electron chi connectivity index (χ1n) is 10.2. The molecule has 1 amide bonds. The third-order valence-corrected chi connectivity index (χ3v) is 8.22. The first kappa shape index (κ1) is 19.8. The summed E-state index contributed by atoms with van der Waals surface area (Å²) in [7, 11) is -3.59. The molecule has 3 aliphatic heterocycles. The van der Waals surface area contributed by atoms with E-state index in [0.29, 0.717) is 6.54 Å². The van der Waals surface area contributed by atoms with Crippen molar-refractivity contribution in [2.75, 3.05) is 39.3 Å². The molecule has 1 aromatic rings. The fraction of sp³-hybridized carbons (Fsp3) is 0.650. The number of piperidine rings is 1. The van der Waals surface area contributed by atoms with Crippen molar-refractivity contribution in [1.82, 2.24) is 14.1 Å². The highest BCUT2D eigenvalue weighted by Crippen LogP contribution is 2.28. The van der Waals surface area contributed by atoms with Gasteiger partial charge in [-0.25, -0.2) is 8.42 Å². The molecule has 0 radical (unpaired) electrons. The lowest BCUT2D eigenvalue weighted by atomic mass is 9.94. The van der Waals surface area contributed by atoms with Crippen LogP contribution in [0.4, 0.5) is 0 Å². The summed E-state index contributed by atoms with van der Waals surface area (Å²) in [5.41, 5.74) is 0. The van der Waals surface area contributed by atoms with Gasteiger partial charge in [0.15, 0.2) is 0 Å². The number of carbonyl (C=O) groups excluding carboxylic acids is 1. The number of nitrogens with zero attached hydrogens (tertiary/aromatic N) is 3. The number of β-amino-alcohol motifs (C(OH)–C–C–N with tert-alkyl or cyclic N) is 1. The second-order valence-electron chi connectivity index (χ2n) is 8.11. The number of aliphatic hydroxyl groups excluding tert-OH is 1. The molecule has 3 fully saturated rings. The number of benzene rings is 1. The van der Waals surface area contributed by atoms with Gasteiger partial charge in [0.1, 0.15) is 0 Å². The largest absolute Gasteiger partial charge is 0.390 e. The molecule has 1 aromatic carbocycles. The van der Waals surface area contributed by atoms with E-state index in [4.69, 9.17) is 0 Å². The summed E-state index contributed by atoms with van der Waals surface area (Å²) in [5.74, 6) is 0.342. The molecular weight excluding hydrogens is 378 g/mol. The van der Waals surface area contributed by atoms with Gasteiger partial charge in [0.25, 0.3) is 0 Å². The highest BCUT2D eigenvalue weighted by atomic mass is 32.2. The van der Waals surface area contributed by atoms with Gasteiger partial charge in [-0.15, -0.1) is 0 Å². The number of rotatable bonds is 4. The molecule has 0 aromatic heterocycles. The Morgan fingerprint density at radius 2 is 1.61 bits per heavy atom. The number of aliphatic hydroxyl groups is 1. The molecule has 8 heteroatoms. The Bertz CT molecular complexity index is 787. The van der Waals surface area contributed by atoms with Crippen LogP contribution in [0.3, 0.4) is 0 Å². The maximum absolute atomic E-state index is 12.8. The summed E-state index contributed by atoms with van der Waals surface area (Å²) in [6, 6.07) is 8.17. The average molecular weight is 408 g/mol. The molecule has 0 bridgehead atoms. The van der Waals surface area contributed by atoms with Crippen LogP contribution in [-0.2, 0) is 14.8 Å². The van der Waals surface area contributed by atoms with Crippen molar-refractivity contribution in [3.8, 4) is 0 Å². The normalized spacial score (nSPS) is 28.1. The molecule has 154 valence electrons. The molecule has 0 saturated carbocycles. The Balaban J connectivity index is 1.36. The number of hydrogen-bond donors (Lipinski definition) is 1. The standard InChI is InChI=1S/C20H29N3O4S/c24-19-15-23(28(26,27)17-6-2-1-3-7-17)14-18(19)21-12-8-16(9-13-21)20(25)22-10-4-5-11-22/h1-3,6-7,16,18-19,24H,4-5,8-15H2/t18-,19-/m0/s1. The van der Waals surface area contributed by atoms with E-state index in [-0.39, 0.29) is 29.3 Å². The van der Waals surface area contributed by atoms with Crippen molar-refractivity contribution in [3.05, 3.63) is 30.3 Å². The maximum Gasteiger partial charge on any atom is 0.243 e. The van der Waals surface area contributed by atoms with Gasteiger partial charge in [0.2, 0.25) is 15.9 Å². The van der Waals surface area contributed by atoms with E-state index >= 15 is 0 Å². The van der Waals surface area contributed by atoms with E-state index in [0.717, 1.165) is 51.9 Å². The predicted molar refractivity (Wildman–Crippen MR) is 105 cm³/mol. The zero-order chi connectivity index (χ0) is 19.7. The molecule has 0 aliphatic carbocycles. The summed E-state index contributed by atoms with van der Waals surface area (Å²) in [5, 5.41) is 10.5. The van der Waals surface area contributed by atoms with E-state index in [2.05, 4.69) is 4.90 Å². The van der Waals surface area contributed by atoms with E-state index in [1.807, 2.05) is 4.90 Å². The second-order valence-corrected chi connectivity index (χ2v) is 10.1. The van der Waals surface area contributed by atoms with Crippen LogP contribution in [0.15, 0.2) is 35.2 Å². The Kier molecular flexibility index (Phi) is 5.73. The van der Waals surface area contributed by atoms with Crippen LogP contribution in [0.5, 0.6) is 0 Å². The first-order chi connectivity index (χ1) is 13.5. The summed E-state index contributed by atoms with van der Waals surface area (Å²) < 4.78 is 27.1. The molecule has 1 N–H and O–H groups in total. The van der Waals surface area contributed by atoms with E-state index < -0.39 is 16.1 Å². The Morgan fingerprint density at radius 1 is 0.964 bits per heavy atom. The number of amides is 1. The number of carbonyl (C=O) groups is 1. The highest BCUT2D eigenvalue weighted by Gasteiger charge is 2.42. The van der Waals surface area contributed by atoms with Crippen LogP contribution in [0.2, 0.25) is 0 Å². The fourth-order valence-electron chi connectivity index (χ4n) is 4.71. The van der Waals surface area contributed by atoms with Crippen LogP contribution in [0.1, 0.15) is 25.7 Å². The zero-order valence-corrected chi connectivity index (χ0v) is 16.9. The number of sulfonamides is 1. The van der Waals surface area contributed by atoms with Crippen molar-refractivity contribution >= 4 is 15.9 Å². The number of likely N-dealkylation sites (tertiary alicyclic amines) is 2. The molecule has 0 unspecified atom stereocenters. The Labute approximate surface area is 167 Å². The third kappa shape index (κ3) is 3.83. The molecule has 3 saturated heterocycles. The lowest BCUT2D eigenvalue weighted by molar-refractivity contribution is -0.136. The molecular formula is C20H29N3O4S. The third-order valence-electron chi connectivity index (χ3n) is 6.37. The van der Waals surface area contributed by atoms with Gasteiger partial charge in [-0.1, -0.05) is 18.2 Å². The van der Waals surface area contributed by atoms with Gasteiger partial charge >= 0.3 is 0 Å². The van der Waals surface area contributed by atoms with Crippen molar-refractivity contribution in [3.63, 3.8) is 0 Å². The Hall–Kier alpha value is -1.48. The quantitative estimate of drug-likeness (QED) is 0.797. The zero-order valence-electron chi connectivity index (χ0n) is 16.1. The van der Waals surface area contributed by atoms with Gasteiger partial charge in [0, 0.05) is 32.1 Å². The molecule has 0 spiro atoms. The smallest absolute Gasteiger partial charge is 0.243 e. The Morgan fingerprint density at radius 3 is 2.25 bits per heavy atom. The maximum atomic E-state index is 12.8. The van der Waals surface area contributed by atoms with Crippen LogP contribution in [0, 0.1) is 5.92 Å². The molecule has 2 atom stereocenters. The van der Waals surface area contributed by atoms with Crippen molar-refractivity contribution < 1.29 is 18.3 Å². The predicted octanol–water partition coefficient (Wildman–Crippen LogP) is 0.755. The van der Waals surface area contributed by atoms with Gasteiger partial charge in [-0.3, -0.25) is 9.69 Å². The van der Waals surface area contributed by atoms with Gasteiger partial charge in [0.05, 0.1) is 17.0 Å². The molecule has 7 nitrogen and oxygen atoms in total. The summed E-state index contributed by atoms with van der Waals surface area (Å²) in [6.07, 6.45) is 3.06. The van der Waals surface area contributed by atoms with Crippen LogP contribution in [0.25, 0.3) is 0 Å². The van der Waals surface area contributed by atoms with Crippen molar-refractivity contribution in [2.45, 2.75) is 42.7 Å². The van der Waals surface area contributed by atoms with E-state index in [9.17, 15) is 18.3 Å². The molecule has 3 heterocycles. The minimum atomic E-state index is -3.59. The summed E-state index contributed by atoms with van der Waals surface area (Å²) in [6.45, 7) is 3.63. The highest BCUT2D eigenvalue weighted by molar-refractivity contribution is 7.89. The monoisotopic (exact) mass is 407 g/mol. The van der Waals surface area contributed by atoms with Crippen LogP contribution < -0.4 is 0 Å². The lowest BCUT2D eigenvalue weighted by Gasteiger charge is -2.37. The van der Waals surface area contributed by atoms with E-state index in [1.165, 1.54) is 4.31 Å². The van der Waals surface area contributed by atoms with E-state index in [1.54, 1.807) is 30.3 Å². The first-order valence-corrected chi connectivity index (χ1v) is 11.7. The van der Waals surface area contributed by atoms with Gasteiger partial charge in [-0.2, -0.15) is 4.31 Å². The van der Waals surface area contributed by atoms with Crippen LogP contribution in [-0.4, -0.2) is 85.0 Å². The minimum absolute atomic E-state index is 0.0667. The topological polar surface area (TPSA) is 81.2 Å². The second kappa shape index (κ2) is 8.10. The fourth-order valence-corrected chi connectivity index (χ4v) is 6.20. The van der Waals surface area contributed by atoms with Crippen molar-refractivity contribution in [2.24, 2.45) is 5.92 Å².